The van der Waals surface area contributed by atoms with Crippen molar-refractivity contribution in [2.45, 2.75) is 69.9 Å². The molecule has 7 heteroatoms. The molecule has 1 amide bonds. The molecule has 1 unspecified atom stereocenters. The van der Waals surface area contributed by atoms with Gasteiger partial charge in [0.15, 0.2) is 0 Å². The van der Waals surface area contributed by atoms with Crippen molar-refractivity contribution in [3.05, 3.63) is 49.8 Å². The van der Waals surface area contributed by atoms with Crippen LogP contribution in [0.3, 0.4) is 0 Å². The summed E-state index contributed by atoms with van der Waals surface area (Å²) in [5.41, 5.74) is 1.49. The zero-order chi connectivity index (χ0) is 20.5. The van der Waals surface area contributed by atoms with Crippen LogP contribution >= 0.6 is 11.3 Å². The van der Waals surface area contributed by atoms with Crippen LogP contribution in [0.2, 0.25) is 0 Å². The SMILES string of the molecule is O=C(c1cccs1)N1CCc2nc(C3CCCN(C4CCCCC4)C3)[nH]c(=O)c2C1. The molecular weight excluding hydrogens is 396 g/mol. The quantitative estimate of drug-likeness (QED) is 0.815. The second-order valence-electron chi connectivity index (χ2n) is 8.96. The van der Waals surface area contributed by atoms with Gasteiger partial charge in [-0.2, -0.15) is 0 Å². The lowest BCUT2D eigenvalue weighted by Crippen LogP contribution is -2.44. The summed E-state index contributed by atoms with van der Waals surface area (Å²) in [6.07, 6.45) is 9.62. The van der Waals surface area contributed by atoms with E-state index in [-0.39, 0.29) is 11.5 Å². The summed E-state index contributed by atoms with van der Waals surface area (Å²) in [7, 11) is 0. The maximum absolute atomic E-state index is 12.9. The largest absolute Gasteiger partial charge is 0.333 e. The van der Waals surface area contributed by atoms with Crippen LogP contribution in [0.15, 0.2) is 22.3 Å². The Balaban J connectivity index is 1.32. The Morgan fingerprint density at radius 2 is 2.00 bits per heavy atom. The minimum absolute atomic E-state index is 0.00882. The van der Waals surface area contributed by atoms with Gasteiger partial charge in [0.05, 0.1) is 22.7 Å². The van der Waals surface area contributed by atoms with Crippen LogP contribution < -0.4 is 5.56 Å². The van der Waals surface area contributed by atoms with Crippen molar-refractivity contribution >= 4 is 17.2 Å². The first-order chi connectivity index (χ1) is 14.7. The highest BCUT2D eigenvalue weighted by atomic mass is 32.1. The van der Waals surface area contributed by atoms with E-state index < -0.39 is 0 Å². The number of hydrogen-bond donors (Lipinski definition) is 1. The van der Waals surface area contributed by atoms with Crippen LogP contribution in [0.4, 0.5) is 0 Å². The number of nitrogens with one attached hydrogen (secondary N) is 1. The predicted molar refractivity (Wildman–Crippen MR) is 118 cm³/mol. The Morgan fingerprint density at radius 1 is 1.13 bits per heavy atom. The lowest BCUT2D eigenvalue weighted by Gasteiger charge is -2.39. The fourth-order valence-electron chi connectivity index (χ4n) is 5.37. The Labute approximate surface area is 181 Å². The highest BCUT2D eigenvalue weighted by Gasteiger charge is 2.31. The van der Waals surface area contributed by atoms with Crippen LogP contribution in [-0.4, -0.2) is 51.4 Å². The number of nitrogens with zero attached hydrogens (tertiary/aromatic N) is 3. The van der Waals surface area contributed by atoms with Crippen LogP contribution in [0.1, 0.15) is 77.6 Å². The standard InChI is InChI=1S/C23H30N4O2S/c28-22-18-15-27(23(29)20-9-5-13-30-20)12-10-19(18)24-21(25-22)16-6-4-11-26(14-16)17-7-2-1-3-8-17/h5,9,13,16-17H,1-4,6-8,10-12,14-15H2,(H,24,25,28). The Kier molecular flexibility index (Phi) is 5.74. The van der Waals surface area contributed by atoms with E-state index in [4.69, 9.17) is 4.98 Å². The zero-order valence-electron chi connectivity index (χ0n) is 17.4. The van der Waals surface area contributed by atoms with Gasteiger partial charge >= 0.3 is 0 Å². The van der Waals surface area contributed by atoms with Gasteiger partial charge in [0.1, 0.15) is 5.82 Å². The maximum Gasteiger partial charge on any atom is 0.264 e. The molecule has 0 aromatic carbocycles. The molecule has 0 spiro atoms. The number of rotatable bonds is 3. The number of amides is 1. The molecule has 1 atom stereocenters. The number of piperidine rings is 1. The van der Waals surface area contributed by atoms with Crippen molar-refractivity contribution in [1.29, 1.82) is 0 Å². The molecule has 3 aliphatic rings. The van der Waals surface area contributed by atoms with Crippen molar-refractivity contribution in [2.75, 3.05) is 19.6 Å². The van der Waals surface area contributed by atoms with E-state index in [1.807, 2.05) is 17.5 Å². The lowest BCUT2D eigenvalue weighted by molar-refractivity contribution is 0.0737. The molecule has 4 heterocycles. The van der Waals surface area contributed by atoms with E-state index in [0.29, 0.717) is 37.0 Å². The summed E-state index contributed by atoms with van der Waals surface area (Å²) in [5.74, 6) is 1.18. The van der Waals surface area contributed by atoms with Crippen LogP contribution in [0.5, 0.6) is 0 Å². The molecule has 6 nitrogen and oxygen atoms in total. The third kappa shape index (κ3) is 3.97. The first kappa shape index (κ1) is 19.9. The average Bonchev–Trinajstić information content (AvgIpc) is 3.34. The smallest absolute Gasteiger partial charge is 0.264 e. The van der Waals surface area contributed by atoms with Gasteiger partial charge in [0.2, 0.25) is 0 Å². The summed E-state index contributed by atoms with van der Waals surface area (Å²) >= 11 is 1.45. The van der Waals surface area contributed by atoms with Gasteiger partial charge in [0.25, 0.3) is 11.5 Å². The number of H-pyrrole nitrogens is 1. The van der Waals surface area contributed by atoms with E-state index in [9.17, 15) is 9.59 Å². The molecule has 5 rings (SSSR count). The fourth-order valence-corrected chi connectivity index (χ4v) is 6.07. The first-order valence-electron chi connectivity index (χ1n) is 11.4. The number of aromatic amines is 1. The number of hydrogen-bond acceptors (Lipinski definition) is 5. The van der Waals surface area contributed by atoms with Gasteiger partial charge < -0.3 is 9.88 Å². The fraction of sp³-hybridized carbons (Fsp3) is 0.609. The minimum Gasteiger partial charge on any atom is -0.333 e. The number of carbonyl (C=O) groups excluding carboxylic acids is 1. The number of fused-ring (bicyclic) bond motifs is 1. The van der Waals surface area contributed by atoms with E-state index in [1.54, 1.807) is 4.90 Å². The van der Waals surface area contributed by atoms with E-state index >= 15 is 0 Å². The summed E-state index contributed by atoms with van der Waals surface area (Å²) in [4.78, 5) is 38.8. The van der Waals surface area contributed by atoms with E-state index in [2.05, 4.69) is 9.88 Å². The van der Waals surface area contributed by atoms with Gasteiger partial charge in [-0.3, -0.25) is 14.5 Å². The zero-order valence-corrected chi connectivity index (χ0v) is 18.3. The number of thiophene rings is 1. The van der Waals surface area contributed by atoms with E-state index in [1.165, 1.54) is 56.4 Å². The topological polar surface area (TPSA) is 69.3 Å². The van der Waals surface area contributed by atoms with Gasteiger partial charge in [-0.25, -0.2) is 4.98 Å². The second kappa shape index (κ2) is 8.63. The number of aromatic nitrogens is 2. The van der Waals surface area contributed by atoms with Gasteiger partial charge in [-0.15, -0.1) is 11.3 Å². The van der Waals surface area contributed by atoms with Crippen molar-refractivity contribution in [3.8, 4) is 0 Å². The summed E-state index contributed by atoms with van der Waals surface area (Å²) in [6, 6.07) is 4.44. The summed E-state index contributed by atoms with van der Waals surface area (Å²) < 4.78 is 0. The van der Waals surface area contributed by atoms with Gasteiger partial charge in [0, 0.05) is 31.5 Å². The van der Waals surface area contributed by atoms with Gasteiger partial charge in [-0.1, -0.05) is 25.3 Å². The second-order valence-corrected chi connectivity index (χ2v) is 9.90. The van der Waals surface area contributed by atoms with Crippen molar-refractivity contribution in [3.63, 3.8) is 0 Å². The molecule has 1 saturated carbocycles. The molecular formula is C23H30N4O2S. The number of likely N-dealkylation sites (tertiary alicyclic amines) is 1. The summed E-state index contributed by atoms with van der Waals surface area (Å²) in [5, 5.41) is 1.91. The Hall–Kier alpha value is -1.99. The van der Waals surface area contributed by atoms with Crippen molar-refractivity contribution < 1.29 is 4.79 Å². The molecule has 30 heavy (non-hydrogen) atoms. The summed E-state index contributed by atoms with van der Waals surface area (Å²) in [6.45, 7) is 3.16. The lowest BCUT2D eigenvalue weighted by atomic mass is 9.90. The van der Waals surface area contributed by atoms with E-state index in [0.717, 1.165) is 29.4 Å². The highest BCUT2D eigenvalue weighted by molar-refractivity contribution is 7.12. The Morgan fingerprint density at radius 3 is 2.80 bits per heavy atom. The molecule has 1 N–H and O–H groups in total. The van der Waals surface area contributed by atoms with Crippen molar-refractivity contribution in [1.82, 2.24) is 19.8 Å². The molecule has 1 aliphatic carbocycles. The Bertz CT molecular complexity index is 949. The number of carbonyl (C=O) groups is 1. The third-order valence-electron chi connectivity index (χ3n) is 7.04. The monoisotopic (exact) mass is 426 g/mol. The molecule has 2 aromatic heterocycles. The van der Waals surface area contributed by atoms with Crippen LogP contribution in [0, 0.1) is 0 Å². The molecule has 0 radical (unpaired) electrons. The van der Waals surface area contributed by atoms with Crippen LogP contribution in [-0.2, 0) is 13.0 Å². The molecule has 1 saturated heterocycles. The van der Waals surface area contributed by atoms with Crippen LogP contribution in [0.25, 0.3) is 0 Å². The highest BCUT2D eigenvalue weighted by Crippen LogP contribution is 2.31. The molecule has 0 bridgehead atoms. The molecule has 2 aliphatic heterocycles. The average molecular weight is 427 g/mol. The maximum atomic E-state index is 12.9. The van der Waals surface area contributed by atoms with Crippen molar-refractivity contribution in [2.24, 2.45) is 0 Å². The third-order valence-corrected chi connectivity index (χ3v) is 7.89. The minimum atomic E-state index is -0.0616. The van der Waals surface area contributed by atoms with Gasteiger partial charge in [-0.05, 0) is 43.7 Å². The normalized spacial score (nSPS) is 23.3. The molecule has 2 fully saturated rings. The molecule has 160 valence electrons. The predicted octanol–water partition coefficient (Wildman–Crippen LogP) is 3.54. The first-order valence-corrected chi connectivity index (χ1v) is 12.3. The molecule has 2 aromatic rings.